The average Bonchev–Trinajstić information content (AvgIpc) is 2.92. The van der Waals surface area contributed by atoms with Crippen molar-refractivity contribution >= 4 is 39.2 Å². The van der Waals surface area contributed by atoms with Crippen molar-refractivity contribution in [3.63, 3.8) is 0 Å². The summed E-state index contributed by atoms with van der Waals surface area (Å²) in [6, 6.07) is 22.0. The molecule has 8 heteroatoms. The molecule has 0 saturated heterocycles. The van der Waals surface area contributed by atoms with Gasteiger partial charge in [0.2, 0.25) is 0 Å². The Kier molecular flexibility index (Phi) is 6.67. The number of anilines is 1. The molecule has 6 rings (SSSR count). The molecular weight excluding hydrogens is 534 g/mol. The first kappa shape index (κ1) is 26.5. The molecule has 0 aliphatic carbocycles. The van der Waals surface area contributed by atoms with Gasteiger partial charge in [-0.05, 0) is 68.5 Å². The van der Waals surface area contributed by atoms with Gasteiger partial charge in [-0.3, -0.25) is 14.2 Å². The Morgan fingerprint density at radius 3 is 2.34 bits per heavy atom. The Hall–Kier alpha value is -4.75. The highest BCUT2D eigenvalue weighted by Gasteiger charge is 2.21. The molecule has 6 aromatic rings. The summed E-state index contributed by atoms with van der Waals surface area (Å²) >= 11 is 6.49. The molecule has 2 N–H and O–H groups in total. The molecule has 3 aromatic carbocycles. The minimum absolute atomic E-state index is 0.205. The second-order valence-corrected chi connectivity index (χ2v) is 10.8. The van der Waals surface area contributed by atoms with E-state index in [1.165, 1.54) is 6.07 Å². The van der Waals surface area contributed by atoms with Crippen LogP contribution in [0.15, 0.2) is 88.6 Å². The third-order valence-electron chi connectivity index (χ3n) is 7.35. The van der Waals surface area contributed by atoms with E-state index in [0.717, 1.165) is 27.6 Å². The van der Waals surface area contributed by atoms with E-state index in [4.69, 9.17) is 21.6 Å². The first-order valence-corrected chi connectivity index (χ1v) is 13.7. The predicted octanol–water partition coefficient (Wildman–Crippen LogP) is 7.04. The molecule has 0 aliphatic heterocycles. The van der Waals surface area contributed by atoms with E-state index in [1.807, 2.05) is 69.3 Å². The number of halogens is 1. The summed E-state index contributed by atoms with van der Waals surface area (Å²) in [4.78, 5) is 39.8. The second-order valence-electron chi connectivity index (χ2n) is 10.4. The molecule has 204 valence electrons. The van der Waals surface area contributed by atoms with Gasteiger partial charge in [0.15, 0.2) is 11.3 Å². The molecular formula is C33H28ClN5O2. The lowest BCUT2D eigenvalue weighted by molar-refractivity contribution is 0.774. The largest absolute Gasteiger partial charge is 0.361 e. The predicted molar refractivity (Wildman–Crippen MR) is 166 cm³/mol. The molecule has 7 nitrogen and oxygen atoms in total. The van der Waals surface area contributed by atoms with Crippen LogP contribution in [0.5, 0.6) is 0 Å². The summed E-state index contributed by atoms with van der Waals surface area (Å²) < 4.78 is 1.66. The molecule has 0 fully saturated rings. The monoisotopic (exact) mass is 561 g/mol. The number of benzene rings is 3. The van der Waals surface area contributed by atoms with Gasteiger partial charge in [-0.1, -0.05) is 59.6 Å². The molecule has 0 amide bonds. The van der Waals surface area contributed by atoms with Crippen molar-refractivity contribution in [2.45, 2.75) is 33.7 Å². The third-order valence-corrected chi connectivity index (χ3v) is 7.66. The Morgan fingerprint density at radius 1 is 0.878 bits per heavy atom. The zero-order valence-corrected chi connectivity index (χ0v) is 23.9. The van der Waals surface area contributed by atoms with Crippen LogP contribution in [0.1, 0.15) is 35.3 Å². The quantitative estimate of drug-likeness (QED) is 0.235. The van der Waals surface area contributed by atoms with Gasteiger partial charge in [0.25, 0.3) is 5.56 Å². The topological polar surface area (TPSA) is 92.7 Å². The number of para-hydroxylation sites is 1. The van der Waals surface area contributed by atoms with Crippen LogP contribution < -0.4 is 16.3 Å². The molecule has 41 heavy (non-hydrogen) atoms. The standard InChI is InChI=1S/C33H28ClN5O2/c1-18-15-19(2)27(20(3)16-18)31-37-30-29(26(40)13-14-35-30)32(38-31)36-21(4)25-17-22-9-8-12-24(34)28(22)33(41)39(25)23-10-6-5-7-11-23/h5-17,21H,1-4H3,(H2,35,36,37,38,40). The first-order valence-electron chi connectivity index (χ1n) is 13.4. The number of aryl methyl sites for hydroxylation is 3. The Bertz CT molecular complexity index is 2060. The number of nitrogens with zero attached hydrogens (tertiary/aromatic N) is 3. The van der Waals surface area contributed by atoms with E-state index >= 15 is 0 Å². The summed E-state index contributed by atoms with van der Waals surface area (Å²) in [5.74, 6) is 0.895. The molecule has 0 bridgehead atoms. The number of nitrogens with one attached hydrogen (secondary N) is 2. The number of hydrogen-bond donors (Lipinski definition) is 2. The molecule has 3 heterocycles. The van der Waals surface area contributed by atoms with Gasteiger partial charge in [-0.25, -0.2) is 9.97 Å². The van der Waals surface area contributed by atoms with Crippen molar-refractivity contribution in [3.8, 4) is 17.1 Å². The lowest BCUT2D eigenvalue weighted by Crippen LogP contribution is -2.26. The van der Waals surface area contributed by atoms with Crippen LogP contribution in [0, 0.1) is 20.8 Å². The Morgan fingerprint density at radius 2 is 1.61 bits per heavy atom. The van der Waals surface area contributed by atoms with Gasteiger partial charge in [0.05, 0.1) is 16.5 Å². The third kappa shape index (κ3) is 4.68. The van der Waals surface area contributed by atoms with Crippen LogP contribution >= 0.6 is 11.6 Å². The molecule has 0 spiro atoms. The number of H-pyrrole nitrogens is 1. The van der Waals surface area contributed by atoms with Gasteiger partial charge in [0, 0.05) is 29.2 Å². The van der Waals surface area contributed by atoms with E-state index < -0.39 is 6.04 Å². The fraction of sp³-hybridized carbons (Fsp3) is 0.152. The van der Waals surface area contributed by atoms with E-state index in [0.29, 0.717) is 44.5 Å². The minimum atomic E-state index is -0.433. The highest BCUT2D eigenvalue weighted by molar-refractivity contribution is 6.35. The summed E-state index contributed by atoms with van der Waals surface area (Å²) in [7, 11) is 0. The van der Waals surface area contributed by atoms with E-state index in [2.05, 4.69) is 29.4 Å². The number of aromatic amines is 1. The zero-order chi connectivity index (χ0) is 28.8. The van der Waals surface area contributed by atoms with Gasteiger partial charge in [-0.2, -0.15) is 0 Å². The first-order chi connectivity index (χ1) is 19.7. The van der Waals surface area contributed by atoms with Crippen molar-refractivity contribution in [2.24, 2.45) is 0 Å². The number of fused-ring (bicyclic) bond motifs is 2. The molecule has 0 saturated carbocycles. The lowest BCUT2D eigenvalue weighted by Gasteiger charge is -2.22. The van der Waals surface area contributed by atoms with Crippen LogP contribution in [-0.2, 0) is 0 Å². The van der Waals surface area contributed by atoms with Gasteiger partial charge in [-0.15, -0.1) is 0 Å². The molecule has 1 atom stereocenters. The number of rotatable bonds is 5. The smallest absolute Gasteiger partial charge is 0.264 e. The highest BCUT2D eigenvalue weighted by Crippen LogP contribution is 2.31. The maximum absolute atomic E-state index is 13.9. The zero-order valence-electron chi connectivity index (χ0n) is 23.1. The fourth-order valence-corrected chi connectivity index (χ4v) is 5.87. The second kappa shape index (κ2) is 10.3. The van der Waals surface area contributed by atoms with Crippen LogP contribution in [0.3, 0.4) is 0 Å². The SMILES string of the molecule is Cc1cc(C)c(-c2nc(NC(C)c3cc4cccc(Cl)c4c(=O)n3-c3ccccc3)c3c(=O)cc[nH]c3n2)c(C)c1. The molecule has 3 aromatic heterocycles. The number of aromatic nitrogens is 4. The lowest BCUT2D eigenvalue weighted by atomic mass is 9.99. The molecule has 1 unspecified atom stereocenters. The van der Waals surface area contributed by atoms with E-state index in [-0.39, 0.29) is 11.0 Å². The Labute approximate surface area is 241 Å². The summed E-state index contributed by atoms with van der Waals surface area (Å²) in [5, 5.41) is 5.38. The normalized spacial score (nSPS) is 12.1. The summed E-state index contributed by atoms with van der Waals surface area (Å²) in [6.07, 6.45) is 1.59. The van der Waals surface area contributed by atoms with Crippen LogP contribution in [0.4, 0.5) is 5.82 Å². The molecule has 0 aliphatic rings. The molecule has 0 radical (unpaired) electrons. The number of hydrogen-bond acceptors (Lipinski definition) is 5. The van der Waals surface area contributed by atoms with Crippen LogP contribution in [-0.4, -0.2) is 19.5 Å². The minimum Gasteiger partial charge on any atom is -0.361 e. The summed E-state index contributed by atoms with van der Waals surface area (Å²) in [5.41, 5.74) is 5.57. The van der Waals surface area contributed by atoms with Crippen LogP contribution in [0.25, 0.3) is 38.9 Å². The van der Waals surface area contributed by atoms with Crippen molar-refractivity contribution in [1.29, 1.82) is 0 Å². The summed E-state index contributed by atoms with van der Waals surface area (Å²) in [6.45, 7) is 8.06. The van der Waals surface area contributed by atoms with Crippen molar-refractivity contribution < 1.29 is 0 Å². The van der Waals surface area contributed by atoms with Crippen LogP contribution in [0.2, 0.25) is 5.02 Å². The van der Waals surface area contributed by atoms with Gasteiger partial charge < -0.3 is 10.3 Å². The van der Waals surface area contributed by atoms with Gasteiger partial charge >= 0.3 is 0 Å². The average molecular weight is 562 g/mol. The van der Waals surface area contributed by atoms with Crippen molar-refractivity contribution in [1.82, 2.24) is 19.5 Å². The van der Waals surface area contributed by atoms with Crippen molar-refractivity contribution in [2.75, 3.05) is 5.32 Å². The van der Waals surface area contributed by atoms with E-state index in [1.54, 1.807) is 16.8 Å². The highest BCUT2D eigenvalue weighted by atomic mass is 35.5. The van der Waals surface area contributed by atoms with Gasteiger partial charge in [0.1, 0.15) is 16.9 Å². The maximum atomic E-state index is 13.9. The maximum Gasteiger partial charge on any atom is 0.264 e. The Balaban J connectivity index is 1.57. The van der Waals surface area contributed by atoms with Crippen molar-refractivity contribution in [3.05, 3.63) is 127 Å². The number of pyridine rings is 2. The van der Waals surface area contributed by atoms with E-state index in [9.17, 15) is 9.59 Å². The fourth-order valence-electron chi connectivity index (χ4n) is 5.61.